The summed E-state index contributed by atoms with van der Waals surface area (Å²) in [5.41, 5.74) is 1.77. The van der Waals surface area contributed by atoms with Crippen molar-refractivity contribution in [1.82, 2.24) is 20.0 Å². The number of nitrogens with one attached hydrogen (secondary N) is 1. The third-order valence-corrected chi connectivity index (χ3v) is 4.67. The number of hydrogen-bond acceptors (Lipinski definition) is 3. The summed E-state index contributed by atoms with van der Waals surface area (Å²) in [4.78, 5) is 14.7. The molecule has 0 bridgehead atoms. The van der Waals surface area contributed by atoms with Crippen molar-refractivity contribution in [2.75, 3.05) is 19.6 Å². The van der Waals surface area contributed by atoms with Gasteiger partial charge in [-0.25, -0.2) is 0 Å². The van der Waals surface area contributed by atoms with Crippen molar-refractivity contribution in [3.05, 3.63) is 53.9 Å². The van der Waals surface area contributed by atoms with Gasteiger partial charge in [0.05, 0.1) is 0 Å². The summed E-state index contributed by atoms with van der Waals surface area (Å²) < 4.78 is 1.84. The summed E-state index contributed by atoms with van der Waals surface area (Å²) in [5.74, 6) is -0.0838. The lowest BCUT2D eigenvalue weighted by atomic mass is 10.2. The monoisotopic (exact) mass is 326 g/mol. The standard InChI is InChI=1S/C19H26N4O/c1-16(22-11-5-6-12-22)15-20-19(24)18-10-14-23(21-18)13-9-17-7-3-2-4-8-17/h2-4,7-8,10,14,16H,5-6,9,11-13,15H2,1H3,(H,20,24). The zero-order valence-electron chi connectivity index (χ0n) is 14.3. The number of benzene rings is 1. The van der Waals surface area contributed by atoms with E-state index >= 15 is 0 Å². The van der Waals surface area contributed by atoms with Gasteiger partial charge in [0.15, 0.2) is 0 Å². The number of aryl methyl sites for hydroxylation is 2. The van der Waals surface area contributed by atoms with Crippen LogP contribution in [0.3, 0.4) is 0 Å². The Morgan fingerprint density at radius 2 is 1.96 bits per heavy atom. The van der Waals surface area contributed by atoms with E-state index in [0.29, 0.717) is 18.3 Å². The first kappa shape index (κ1) is 16.7. The van der Waals surface area contributed by atoms with Crippen LogP contribution in [-0.2, 0) is 13.0 Å². The topological polar surface area (TPSA) is 50.2 Å². The van der Waals surface area contributed by atoms with Crippen molar-refractivity contribution >= 4 is 5.91 Å². The lowest BCUT2D eigenvalue weighted by molar-refractivity contribution is 0.0934. The summed E-state index contributed by atoms with van der Waals surface area (Å²) in [6.45, 7) is 5.91. The molecule has 0 radical (unpaired) electrons. The van der Waals surface area contributed by atoms with E-state index in [1.54, 1.807) is 6.07 Å². The zero-order valence-corrected chi connectivity index (χ0v) is 14.3. The van der Waals surface area contributed by atoms with Crippen LogP contribution in [0.25, 0.3) is 0 Å². The molecule has 24 heavy (non-hydrogen) atoms. The molecule has 1 aliphatic heterocycles. The van der Waals surface area contributed by atoms with Crippen molar-refractivity contribution in [1.29, 1.82) is 0 Å². The molecule has 128 valence electrons. The van der Waals surface area contributed by atoms with Crippen LogP contribution < -0.4 is 5.32 Å². The van der Waals surface area contributed by atoms with E-state index in [4.69, 9.17) is 0 Å². The number of amides is 1. The average Bonchev–Trinajstić information content (AvgIpc) is 3.30. The average molecular weight is 326 g/mol. The Balaban J connectivity index is 1.46. The molecule has 1 atom stereocenters. The van der Waals surface area contributed by atoms with Gasteiger partial charge in [-0.2, -0.15) is 5.10 Å². The fraction of sp³-hybridized carbons (Fsp3) is 0.474. The smallest absolute Gasteiger partial charge is 0.271 e. The van der Waals surface area contributed by atoms with E-state index < -0.39 is 0 Å². The maximum atomic E-state index is 12.2. The van der Waals surface area contributed by atoms with Gasteiger partial charge in [0.2, 0.25) is 0 Å². The highest BCUT2D eigenvalue weighted by Gasteiger charge is 2.19. The van der Waals surface area contributed by atoms with Gasteiger partial charge in [-0.1, -0.05) is 30.3 Å². The van der Waals surface area contributed by atoms with E-state index in [1.807, 2.05) is 29.1 Å². The number of hydrogen-bond donors (Lipinski definition) is 1. The Morgan fingerprint density at radius 1 is 1.21 bits per heavy atom. The number of nitrogens with zero attached hydrogens (tertiary/aromatic N) is 3. The Labute approximate surface area is 143 Å². The minimum absolute atomic E-state index is 0.0838. The normalized spacial score (nSPS) is 16.2. The summed E-state index contributed by atoms with van der Waals surface area (Å²) in [5, 5.41) is 7.40. The predicted octanol–water partition coefficient (Wildman–Crippen LogP) is 2.34. The fourth-order valence-corrected chi connectivity index (χ4v) is 3.14. The van der Waals surface area contributed by atoms with Gasteiger partial charge >= 0.3 is 0 Å². The first-order valence-corrected chi connectivity index (χ1v) is 8.82. The van der Waals surface area contributed by atoms with Gasteiger partial charge < -0.3 is 5.32 Å². The molecule has 5 nitrogen and oxygen atoms in total. The molecule has 2 aromatic rings. The number of aromatic nitrogens is 2. The lowest BCUT2D eigenvalue weighted by Gasteiger charge is -2.23. The highest BCUT2D eigenvalue weighted by Crippen LogP contribution is 2.11. The van der Waals surface area contributed by atoms with Crippen LogP contribution in [0.15, 0.2) is 42.6 Å². The van der Waals surface area contributed by atoms with Crippen LogP contribution in [0.1, 0.15) is 35.8 Å². The van der Waals surface area contributed by atoms with Gasteiger partial charge in [0.25, 0.3) is 5.91 Å². The summed E-state index contributed by atoms with van der Waals surface area (Å²) in [6.07, 6.45) is 5.32. The molecular formula is C19H26N4O. The Kier molecular flexibility index (Phi) is 5.64. The molecule has 1 aromatic heterocycles. The first-order chi connectivity index (χ1) is 11.7. The molecule has 2 heterocycles. The Morgan fingerprint density at radius 3 is 2.71 bits per heavy atom. The summed E-state index contributed by atoms with van der Waals surface area (Å²) >= 11 is 0. The molecule has 1 aliphatic rings. The maximum absolute atomic E-state index is 12.2. The second kappa shape index (κ2) is 8.11. The molecule has 1 saturated heterocycles. The van der Waals surface area contributed by atoms with E-state index in [2.05, 4.69) is 34.4 Å². The Hall–Kier alpha value is -2.14. The fourth-order valence-electron chi connectivity index (χ4n) is 3.14. The minimum atomic E-state index is -0.0838. The van der Waals surface area contributed by atoms with E-state index in [9.17, 15) is 4.79 Å². The molecular weight excluding hydrogens is 300 g/mol. The molecule has 0 saturated carbocycles. The van der Waals surface area contributed by atoms with Crippen LogP contribution in [0.2, 0.25) is 0 Å². The van der Waals surface area contributed by atoms with Crippen LogP contribution >= 0.6 is 0 Å². The number of rotatable bonds is 7. The third kappa shape index (κ3) is 4.45. The maximum Gasteiger partial charge on any atom is 0.271 e. The van der Waals surface area contributed by atoms with Crippen LogP contribution in [0.5, 0.6) is 0 Å². The van der Waals surface area contributed by atoms with Crippen LogP contribution in [0, 0.1) is 0 Å². The van der Waals surface area contributed by atoms with Crippen LogP contribution in [-0.4, -0.2) is 46.3 Å². The van der Waals surface area contributed by atoms with Gasteiger partial charge in [0, 0.05) is 25.3 Å². The SMILES string of the molecule is CC(CNC(=O)c1ccn(CCc2ccccc2)n1)N1CCCC1. The number of carbonyl (C=O) groups excluding carboxylic acids is 1. The molecule has 0 aliphatic carbocycles. The van der Waals surface area contributed by atoms with Crippen molar-refractivity contribution in [3.63, 3.8) is 0 Å². The predicted molar refractivity (Wildman–Crippen MR) is 95.0 cm³/mol. The van der Waals surface area contributed by atoms with Crippen molar-refractivity contribution in [2.45, 2.75) is 38.8 Å². The van der Waals surface area contributed by atoms with E-state index in [1.165, 1.54) is 18.4 Å². The molecule has 5 heteroatoms. The largest absolute Gasteiger partial charge is 0.349 e. The van der Waals surface area contributed by atoms with Crippen molar-refractivity contribution in [3.8, 4) is 0 Å². The quantitative estimate of drug-likeness (QED) is 0.850. The van der Waals surface area contributed by atoms with Crippen molar-refractivity contribution < 1.29 is 4.79 Å². The highest BCUT2D eigenvalue weighted by atomic mass is 16.1. The molecule has 1 amide bonds. The number of carbonyl (C=O) groups is 1. The molecule has 1 N–H and O–H groups in total. The summed E-state index contributed by atoms with van der Waals surface area (Å²) in [6, 6.07) is 12.5. The second-order valence-corrected chi connectivity index (χ2v) is 6.50. The third-order valence-electron chi connectivity index (χ3n) is 4.67. The first-order valence-electron chi connectivity index (χ1n) is 8.82. The summed E-state index contributed by atoms with van der Waals surface area (Å²) in [7, 11) is 0. The van der Waals surface area contributed by atoms with E-state index in [-0.39, 0.29) is 5.91 Å². The minimum Gasteiger partial charge on any atom is -0.349 e. The zero-order chi connectivity index (χ0) is 16.8. The highest BCUT2D eigenvalue weighted by molar-refractivity contribution is 5.92. The second-order valence-electron chi connectivity index (χ2n) is 6.50. The Bertz CT molecular complexity index is 646. The van der Waals surface area contributed by atoms with E-state index in [0.717, 1.165) is 26.1 Å². The van der Waals surface area contributed by atoms with Gasteiger partial charge in [-0.3, -0.25) is 14.4 Å². The molecule has 1 fully saturated rings. The molecule has 1 unspecified atom stereocenters. The molecule has 3 rings (SSSR count). The van der Waals surface area contributed by atoms with Gasteiger partial charge in [-0.05, 0) is 50.9 Å². The van der Waals surface area contributed by atoms with Gasteiger partial charge in [-0.15, -0.1) is 0 Å². The molecule has 0 spiro atoms. The number of likely N-dealkylation sites (tertiary alicyclic amines) is 1. The van der Waals surface area contributed by atoms with Gasteiger partial charge in [0.1, 0.15) is 5.69 Å². The van der Waals surface area contributed by atoms with Crippen molar-refractivity contribution in [2.24, 2.45) is 0 Å². The molecule has 1 aromatic carbocycles. The van der Waals surface area contributed by atoms with Crippen LogP contribution in [0.4, 0.5) is 0 Å². The lowest BCUT2D eigenvalue weighted by Crippen LogP contribution is -2.40.